The molecule has 5 heteroatoms. The fraction of sp³-hybridized carbons (Fsp3) is 0.429. The van der Waals surface area contributed by atoms with Crippen molar-refractivity contribution in [3.8, 4) is 5.75 Å². The van der Waals surface area contributed by atoms with Crippen LogP contribution in [0.3, 0.4) is 0 Å². The second-order valence-corrected chi connectivity index (χ2v) is 4.69. The molecule has 2 heterocycles. The van der Waals surface area contributed by atoms with Gasteiger partial charge >= 0.3 is 0 Å². The lowest BCUT2D eigenvalue weighted by Gasteiger charge is -2.18. The summed E-state index contributed by atoms with van der Waals surface area (Å²) < 4.78 is 10.9. The zero-order chi connectivity index (χ0) is 12.9. The maximum Gasteiger partial charge on any atom is 0.231 e. The molecule has 3 rings (SSSR count). The Labute approximate surface area is 112 Å². The van der Waals surface area contributed by atoms with E-state index in [9.17, 15) is 0 Å². The number of piperidine rings is 1. The highest BCUT2D eigenvalue weighted by molar-refractivity contribution is 5.20. The summed E-state index contributed by atoms with van der Waals surface area (Å²) in [6.07, 6.45) is 2.26. The van der Waals surface area contributed by atoms with Crippen molar-refractivity contribution in [2.45, 2.75) is 25.4 Å². The number of aromatic nitrogens is 2. The molecule has 0 saturated carbocycles. The summed E-state index contributed by atoms with van der Waals surface area (Å²) in [6, 6.07) is 9.64. The Hall–Kier alpha value is -1.88. The molecule has 19 heavy (non-hydrogen) atoms. The topological polar surface area (TPSA) is 60.2 Å². The summed E-state index contributed by atoms with van der Waals surface area (Å²) >= 11 is 0. The van der Waals surface area contributed by atoms with Crippen molar-refractivity contribution in [2.24, 2.45) is 0 Å². The van der Waals surface area contributed by atoms with Gasteiger partial charge in [0.15, 0.2) is 6.61 Å². The first kappa shape index (κ1) is 12.2. The van der Waals surface area contributed by atoms with Crippen LogP contribution in [-0.4, -0.2) is 23.2 Å². The van der Waals surface area contributed by atoms with E-state index >= 15 is 0 Å². The normalized spacial score (nSPS) is 19.3. The van der Waals surface area contributed by atoms with E-state index in [-0.39, 0.29) is 0 Å². The molecule has 1 aromatic heterocycles. The smallest absolute Gasteiger partial charge is 0.231 e. The summed E-state index contributed by atoms with van der Waals surface area (Å²) in [5.74, 6) is 2.48. The highest BCUT2D eigenvalue weighted by Gasteiger charge is 2.21. The van der Waals surface area contributed by atoms with Crippen LogP contribution in [0.1, 0.15) is 30.5 Å². The lowest BCUT2D eigenvalue weighted by molar-refractivity contribution is 0.281. The van der Waals surface area contributed by atoms with Gasteiger partial charge in [0.05, 0.1) is 5.92 Å². The Morgan fingerprint density at radius 2 is 2.21 bits per heavy atom. The molecule has 1 atom stereocenters. The Balaban J connectivity index is 1.58. The Morgan fingerprint density at radius 3 is 3.00 bits per heavy atom. The first-order valence-electron chi connectivity index (χ1n) is 6.63. The number of hydrogen-bond acceptors (Lipinski definition) is 5. The minimum Gasteiger partial charge on any atom is -0.485 e. The average Bonchev–Trinajstić information content (AvgIpc) is 2.96. The molecule has 1 saturated heterocycles. The Bertz CT molecular complexity index is 506. The van der Waals surface area contributed by atoms with E-state index < -0.39 is 0 Å². The van der Waals surface area contributed by atoms with Gasteiger partial charge in [-0.25, -0.2) is 0 Å². The van der Waals surface area contributed by atoms with Crippen molar-refractivity contribution in [3.05, 3.63) is 42.0 Å². The van der Waals surface area contributed by atoms with E-state index in [1.807, 2.05) is 30.3 Å². The van der Waals surface area contributed by atoms with Crippen LogP contribution in [0.4, 0.5) is 0 Å². The van der Waals surface area contributed by atoms with Crippen molar-refractivity contribution >= 4 is 0 Å². The molecule has 0 amide bonds. The van der Waals surface area contributed by atoms with Crippen LogP contribution in [0.15, 0.2) is 34.9 Å². The minimum atomic E-state index is 0.340. The van der Waals surface area contributed by atoms with Gasteiger partial charge in [-0.1, -0.05) is 23.4 Å². The van der Waals surface area contributed by atoms with Crippen molar-refractivity contribution in [3.63, 3.8) is 0 Å². The maximum atomic E-state index is 5.59. The monoisotopic (exact) mass is 259 g/mol. The molecule has 1 N–H and O–H groups in total. The van der Waals surface area contributed by atoms with E-state index in [0.717, 1.165) is 37.6 Å². The number of rotatable bonds is 4. The summed E-state index contributed by atoms with van der Waals surface area (Å²) in [6.45, 7) is 2.34. The number of hydrogen-bond donors (Lipinski definition) is 1. The maximum absolute atomic E-state index is 5.59. The molecule has 0 bridgehead atoms. The van der Waals surface area contributed by atoms with Gasteiger partial charge in [0, 0.05) is 6.54 Å². The number of benzene rings is 1. The SMILES string of the molecule is c1ccc(OCc2noc(C3CCCNC3)n2)cc1. The molecule has 1 aromatic carbocycles. The molecule has 0 radical (unpaired) electrons. The predicted molar refractivity (Wildman–Crippen MR) is 69.9 cm³/mol. The summed E-state index contributed by atoms with van der Waals surface area (Å²) in [5, 5.41) is 7.31. The highest BCUT2D eigenvalue weighted by Crippen LogP contribution is 2.21. The summed E-state index contributed by atoms with van der Waals surface area (Å²) in [5.41, 5.74) is 0. The van der Waals surface area contributed by atoms with Gasteiger partial charge in [0.2, 0.25) is 11.7 Å². The van der Waals surface area contributed by atoms with E-state index in [2.05, 4.69) is 15.5 Å². The second kappa shape index (κ2) is 5.84. The molecule has 1 aliphatic heterocycles. The third kappa shape index (κ3) is 3.12. The molecule has 0 aliphatic carbocycles. The number of nitrogens with one attached hydrogen (secondary N) is 1. The van der Waals surface area contributed by atoms with Crippen LogP contribution < -0.4 is 10.1 Å². The van der Waals surface area contributed by atoms with Gasteiger partial charge in [0.1, 0.15) is 5.75 Å². The van der Waals surface area contributed by atoms with Crippen LogP contribution in [0.25, 0.3) is 0 Å². The van der Waals surface area contributed by atoms with Gasteiger partial charge in [-0.05, 0) is 31.5 Å². The zero-order valence-electron chi connectivity index (χ0n) is 10.7. The third-order valence-electron chi connectivity index (χ3n) is 3.24. The van der Waals surface area contributed by atoms with Crippen molar-refractivity contribution in [2.75, 3.05) is 13.1 Å². The van der Waals surface area contributed by atoms with Crippen LogP contribution >= 0.6 is 0 Å². The van der Waals surface area contributed by atoms with Crippen LogP contribution in [0.2, 0.25) is 0 Å². The van der Waals surface area contributed by atoms with Gasteiger partial charge in [-0.2, -0.15) is 4.98 Å². The average molecular weight is 259 g/mol. The molecular formula is C14H17N3O2. The number of ether oxygens (including phenoxy) is 1. The second-order valence-electron chi connectivity index (χ2n) is 4.69. The lowest BCUT2D eigenvalue weighted by Crippen LogP contribution is -2.28. The van der Waals surface area contributed by atoms with Gasteiger partial charge in [-0.3, -0.25) is 0 Å². The predicted octanol–water partition coefficient (Wildman–Crippen LogP) is 2.12. The fourth-order valence-corrected chi connectivity index (χ4v) is 2.22. The number of nitrogens with zero attached hydrogens (tertiary/aromatic N) is 2. The first-order chi connectivity index (χ1) is 9.42. The molecule has 5 nitrogen and oxygen atoms in total. The van der Waals surface area contributed by atoms with E-state index in [0.29, 0.717) is 18.3 Å². The molecular weight excluding hydrogens is 242 g/mol. The van der Waals surface area contributed by atoms with Crippen molar-refractivity contribution in [1.82, 2.24) is 15.5 Å². The molecule has 1 unspecified atom stereocenters. The highest BCUT2D eigenvalue weighted by atomic mass is 16.5. The van der Waals surface area contributed by atoms with Crippen molar-refractivity contribution in [1.29, 1.82) is 0 Å². The Kier molecular flexibility index (Phi) is 3.74. The number of para-hydroxylation sites is 1. The van der Waals surface area contributed by atoms with Crippen molar-refractivity contribution < 1.29 is 9.26 Å². The van der Waals surface area contributed by atoms with Crippen LogP contribution in [0, 0.1) is 0 Å². The molecule has 1 aliphatic rings. The summed E-state index contributed by atoms with van der Waals surface area (Å²) in [4.78, 5) is 4.41. The summed E-state index contributed by atoms with van der Waals surface area (Å²) in [7, 11) is 0. The lowest BCUT2D eigenvalue weighted by atomic mass is 10.00. The minimum absolute atomic E-state index is 0.340. The standard InChI is InChI=1S/C14H17N3O2/c1-2-6-12(7-3-1)18-10-13-16-14(19-17-13)11-5-4-8-15-9-11/h1-3,6-7,11,15H,4-5,8-10H2. The van der Waals surface area contributed by atoms with E-state index in [4.69, 9.17) is 9.26 Å². The molecule has 100 valence electrons. The quantitative estimate of drug-likeness (QED) is 0.911. The van der Waals surface area contributed by atoms with Crippen LogP contribution in [-0.2, 0) is 6.61 Å². The first-order valence-corrected chi connectivity index (χ1v) is 6.63. The van der Waals surface area contributed by atoms with Gasteiger partial charge in [0.25, 0.3) is 0 Å². The Morgan fingerprint density at radius 1 is 1.32 bits per heavy atom. The van der Waals surface area contributed by atoms with E-state index in [1.165, 1.54) is 0 Å². The molecule has 1 fully saturated rings. The van der Waals surface area contributed by atoms with Crippen LogP contribution in [0.5, 0.6) is 5.75 Å². The zero-order valence-corrected chi connectivity index (χ0v) is 10.7. The van der Waals surface area contributed by atoms with E-state index in [1.54, 1.807) is 0 Å². The third-order valence-corrected chi connectivity index (χ3v) is 3.24. The fourth-order valence-electron chi connectivity index (χ4n) is 2.22. The molecule has 0 spiro atoms. The molecule has 2 aromatic rings. The van der Waals surface area contributed by atoms with Gasteiger partial charge in [-0.15, -0.1) is 0 Å². The largest absolute Gasteiger partial charge is 0.485 e. The van der Waals surface area contributed by atoms with Gasteiger partial charge < -0.3 is 14.6 Å².